The highest BCUT2D eigenvalue weighted by Crippen LogP contribution is 2.14. The largest absolute Gasteiger partial charge is 0.508 e. The lowest BCUT2D eigenvalue weighted by Gasteiger charge is -1.89. The van der Waals surface area contributed by atoms with E-state index in [4.69, 9.17) is 10.2 Å². The second-order valence-corrected chi connectivity index (χ2v) is 1.52. The molecule has 0 atom stereocenters. The Morgan fingerprint density at radius 1 is 1.10 bits per heavy atom. The summed E-state index contributed by atoms with van der Waals surface area (Å²) < 4.78 is 0. The number of benzene rings is 1. The lowest BCUT2D eigenvalue weighted by Crippen LogP contribution is -1.69. The predicted octanol–water partition coefficient (Wildman–Crippen LogP) is 0.673. The van der Waals surface area contributed by atoms with Crippen LogP contribution in [0.3, 0.4) is 0 Å². The van der Waals surface area contributed by atoms with Gasteiger partial charge in [-0.2, -0.15) is 0 Å². The van der Waals surface area contributed by atoms with E-state index in [1.54, 1.807) is 6.07 Å². The fourth-order valence-electron chi connectivity index (χ4n) is 0.493. The van der Waals surface area contributed by atoms with E-state index in [9.17, 15) is 0 Å². The fraction of sp³-hybridized carbons (Fsp3) is 0.143. The molecule has 1 aromatic carbocycles. The Bertz CT molecular complexity index is 171. The maximum Gasteiger partial charge on any atom is 0.119 e. The number of phenolic OH excluding ortho intramolecular Hbond substituents is 2. The molecule has 0 aromatic heterocycles. The number of rotatable bonds is 0. The van der Waals surface area contributed by atoms with Crippen molar-refractivity contribution < 1.29 is 10.2 Å². The maximum atomic E-state index is 8.65. The third kappa shape index (κ3) is 2.94. The summed E-state index contributed by atoms with van der Waals surface area (Å²) in [4.78, 5) is 0. The van der Waals surface area contributed by atoms with E-state index < -0.39 is 0 Å². The number of hydrogen-bond acceptors (Lipinski definition) is 3. The van der Waals surface area contributed by atoms with Crippen molar-refractivity contribution in [3.8, 4) is 11.5 Å². The van der Waals surface area contributed by atoms with Crippen LogP contribution < -0.4 is 5.73 Å². The molecule has 0 unspecified atom stereocenters. The van der Waals surface area contributed by atoms with E-state index in [0.29, 0.717) is 0 Å². The molecule has 0 bridgehead atoms. The summed E-state index contributed by atoms with van der Waals surface area (Å²) in [5.74, 6) is 0.176. The van der Waals surface area contributed by atoms with Gasteiger partial charge in [-0.1, -0.05) is 6.07 Å². The van der Waals surface area contributed by atoms with Crippen molar-refractivity contribution in [2.24, 2.45) is 5.73 Å². The Morgan fingerprint density at radius 2 is 1.50 bits per heavy atom. The van der Waals surface area contributed by atoms with Gasteiger partial charge >= 0.3 is 0 Å². The Balaban J connectivity index is 0.000000371. The molecule has 1 aromatic rings. The van der Waals surface area contributed by atoms with E-state index in [0.717, 1.165) is 0 Å². The van der Waals surface area contributed by atoms with E-state index in [-0.39, 0.29) is 11.5 Å². The molecule has 0 aliphatic rings. The van der Waals surface area contributed by atoms with Gasteiger partial charge in [0.15, 0.2) is 0 Å². The molecule has 3 nitrogen and oxygen atoms in total. The first-order valence-corrected chi connectivity index (χ1v) is 2.85. The second kappa shape index (κ2) is 4.64. The molecule has 10 heavy (non-hydrogen) atoms. The van der Waals surface area contributed by atoms with Crippen LogP contribution in [0.5, 0.6) is 11.5 Å². The molecule has 0 spiro atoms. The second-order valence-electron chi connectivity index (χ2n) is 1.52. The van der Waals surface area contributed by atoms with Gasteiger partial charge in [0.2, 0.25) is 0 Å². The van der Waals surface area contributed by atoms with Gasteiger partial charge < -0.3 is 15.9 Å². The van der Waals surface area contributed by atoms with Crippen LogP contribution in [-0.2, 0) is 0 Å². The first-order valence-electron chi connectivity index (χ1n) is 2.85. The topological polar surface area (TPSA) is 66.5 Å². The third-order valence-electron chi connectivity index (χ3n) is 0.830. The lowest BCUT2D eigenvalue weighted by molar-refractivity contribution is 0.450. The molecule has 0 amide bonds. The number of nitrogens with two attached hydrogens (primary N) is 1. The third-order valence-corrected chi connectivity index (χ3v) is 0.830. The number of aromatic hydroxyl groups is 2. The van der Waals surface area contributed by atoms with Gasteiger partial charge in [0, 0.05) is 6.07 Å². The monoisotopic (exact) mass is 141 g/mol. The van der Waals surface area contributed by atoms with Crippen LogP contribution in [0.25, 0.3) is 0 Å². The Labute approximate surface area is 59.7 Å². The summed E-state index contributed by atoms with van der Waals surface area (Å²) in [6.45, 7) is 0. The van der Waals surface area contributed by atoms with Gasteiger partial charge in [0.1, 0.15) is 11.5 Å². The normalized spacial score (nSPS) is 7.80. The van der Waals surface area contributed by atoms with Crippen molar-refractivity contribution in [2.75, 3.05) is 7.05 Å². The van der Waals surface area contributed by atoms with Crippen LogP contribution >= 0.6 is 0 Å². The van der Waals surface area contributed by atoms with Gasteiger partial charge in [-0.05, 0) is 19.2 Å². The molecule has 56 valence electrons. The standard InChI is InChI=1S/C6H6O2.CH5N/c7-5-2-1-3-6(8)4-5;1-2/h1-4,7-8H;2H2,1H3. The average Bonchev–Trinajstić information content (AvgIpc) is 1.91. The highest BCUT2D eigenvalue weighted by molar-refractivity contribution is 5.30. The molecular formula is C7H11NO2. The van der Waals surface area contributed by atoms with E-state index in [1.165, 1.54) is 25.2 Å². The molecule has 0 radical (unpaired) electrons. The first-order chi connectivity index (χ1) is 4.79. The van der Waals surface area contributed by atoms with E-state index >= 15 is 0 Å². The van der Waals surface area contributed by atoms with Crippen molar-refractivity contribution in [1.82, 2.24) is 0 Å². The molecule has 3 heteroatoms. The molecule has 4 N–H and O–H groups in total. The molecule has 0 saturated carbocycles. The van der Waals surface area contributed by atoms with E-state index in [1.807, 2.05) is 0 Å². The molecule has 0 aliphatic heterocycles. The van der Waals surface area contributed by atoms with Gasteiger partial charge in [-0.3, -0.25) is 0 Å². The van der Waals surface area contributed by atoms with Gasteiger partial charge in [0.05, 0.1) is 0 Å². The summed E-state index contributed by atoms with van der Waals surface area (Å²) in [5, 5.41) is 17.3. The average molecular weight is 141 g/mol. The summed E-state index contributed by atoms with van der Waals surface area (Å²) in [6, 6.07) is 5.85. The Kier molecular flexibility index (Phi) is 4.07. The lowest BCUT2D eigenvalue weighted by atomic mass is 10.3. The minimum Gasteiger partial charge on any atom is -0.508 e. The van der Waals surface area contributed by atoms with Crippen LogP contribution in [0.1, 0.15) is 0 Å². The Hall–Kier alpha value is -1.22. The minimum absolute atomic E-state index is 0.0880. The summed E-state index contributed by atoms with van der Waals surface area (Å²) >= 11 is 0. The molecular weight excluding hydrogens is 130 g/mol. The van der Waals surface area contributed by atoms with Crippen molar-refractivity contribution in [3.05, 3.63) is 24.3 Å². The van der Waals surface area contributed by atoms with Crippen molar-refractivity contribution in [1.29, 1.82) is 0 Å². The number of hydrogen-bond donors (Lipinski definition) is 3. The highest BCUT2D eigenvalue weighted by atomic mass is 16.3. The molecule has 0 aliphatic carbocycles. The quantitative estimate of drug-likeness (QED) is 0.497. The fourth-order valence-corrected chi connectivity index (χ4v) is 0.493. The zero-order chi connectivity index (χ0) is 7.98. The maximum absolute atomic E-state index is 8.65. The summed E-state index contributed by atoms with van der Waals surface area (Å²) in [6.07, 6.45) is 0. The first kappa shape index (κ1) is 8.78. The van der Waals surface area contributed by atoms with Gasteiger partial charge in [-0.25, -0.2) is 0 Å². The van der Waals surface area contributed by atoms with Crippen molar-refractivity contribution in [3.63, 3.8) is 0 Å². The smallest absolute Gasteiger partial charge is 0.119 e. The van der Waals surface area contributed by atoms with E-state index in [2.05, 4.69) is 5.73 Å². The molecule has 1 rings (SSSR count). The molecule has 0 fully saturated rings. The van der Waals surface area contributed by atoms with Gasteiger partial charge in [-0.15, -0.1) is 0 Å². The van der Waals surface area contributed by atoms with Gasteiger partial charge in [0.25, 0.3) is 0 Å². The van der Waals surface area contributed by atoms with Crippen molar-refractivity contribution in [2.45, 2.75) is 0 Å². The number of phenols is 2. The SMILES string of the molecule is CN.Oc1cccc(O)c1. The molecule has 0 heterocycles. The van der Waals surface area contributed by atoms with Crippen LogP contribution in [0.4, 0.5) is 0 Å². The summed E-state index contributed by atoms with van der Waals surface area (Å²) in [5.41, 5.74) is 4.50. The zero-order valence-electron chi connectivity index (χ0n) is 5.78. The van der Waals surface area contributed by atoms with Crippen molar-refractivity contribution >= 4 is 0 Å². The van der Waals surface area contributed by atoms with Crippen LogP contribution in [0.2, 0.25) is 0 Å². The predicted molar refractivity (Wildman–Crippen MR) is 39.9 cm³/mol. The molecule has 0 saturated heterocycles. The van der Waals surface area contributed by atoms with Crippen LogP contribution in [0, 0.1) is 0 Å². The summed E-state index contributed by atoms with van der Waals surface area (Å²) in [7, 11) is 1.50. The Morgan fingerprint density at radius 3 is 1.70 bits per heavy atom. The van der Waals surface area contributed by atoms with Crippen LogP contribution in [-0.4, -0.2) is 17.3 Å². The zero-order valence-corrected chi connectivity index (χ0v) is 5.78. The van der Waals surface area contributed by atoms with Crippen LogP contribution in [0.15, 0.2) is 24.3 Å². The minimum atomic E-state index is 0.0880. The highest BCUT2D eigenvalue weighted by Gasteiger charge is 1.85.